The summed E-state index contributed by atoms with van der Waals surface area (Å²) >= 11 is 0. The van der Waals surface area contributed by atoms with Gasteiger partial charge in [0.1, 0.15) is 6.04 Å². The van der Waals surface area contributed by atoms with Gasteiger partial charge in [0.25, 0.3) is 0 Å². The number of benzene rings is 1. The largest absolute Gasteiger partial charge is 0.330 e. The zero-order valence-corrected chi connectivity index (χ0v) is 14.7. The highest BCUT2D eigenvalue weighted by Gasteiger charge is 2.35. The van der Waals surface area contributed by atoms with Crippen LogP contribution in [-0.4, -0.2) is 39.1 Å². The number of likely N-dealkylation sites (tertiary alicyclic amines) is 1. The van der Waals surface area contributed by atoms with E-state index in [2.05, 4.69) is 10.4 Å². The molecule has 2 aromatic rings. The molecule has 1 unspecified atom stereocenters. The van der Waals surface area contributed by atoms with E-state index in [1.165, 1.54) is 0 Å². The van der Waals surface area contributed by atoms with Crippen LogP contribution in [0.15, 0.2) is 42.6 Å². The molecular weight excluding hydrogens is 316 g/mol. The maximum absolute atomic E-state index is 12.7. The summed E-state index contributed by atoms with van der Waals surface area (Å²) in [6.45, 7) is 5.22. The summed E-state index contributed by atoms with van der Waals surface area (Å²) in [7, 11) is 0. The van der Waals surface area contributed by atoms with Gasteiger partial charge >= 0.3 is 0 Å². The molecule has 3 rings (SSSR count). The van der Waals surface area contributed by atoms with Crippen molar-refractivity contribution in [1.29, 1.82) is 0 Å². The third-order valence-corrected chi connectivity index (χ3v) is 4.43. The SMILES string of the molecule is CC(C)C(C(=O)Nc1ccn(Cc2ccccc2)n1)N1CCCC1=O. The first-order chi connectivity index (χ1) is 12.0. The summed E-state index contributed by atoms with van der Waals surface area (Å²) in [5.74, 6) is 0.449. The maximum Gasteiger partial charge on any atom is 0.248 e. The van der Waals surface area contributed by atoms with Crippen molar-refractivity contribution in [2.24, 2.45) is 5.92 Å². The van der Waals surface area contributed by atoms with Crippen molar-refractivity contribution in [3.05, 3.63) is 48.2 Å². The van der Waals surface area contributed by atoms with Gasteiger partial charge in [0.05, 0.1) is 6.54 Å². The molecule has 0 aliphatic carbocycles. The van der Waals surface area contributed by atoms with Gasteiger partial charge in [-0.3, -0.25) is 14.3 Å². The third-order valence-electron chi connectivity index (χ3n) is 4.43. The number of amides is 2. The average Bonchev–Trinajstić information content (AvgIpc) is 3.18. The standard InChI is InChI=1S/C19H24N4O2/c1-14(2)18(23-11-6-9-17(23)24)19(25)20-16-10-12-22(21-16)13-15-7-4-3-5-8-15/h3-5,7-8,10,12,14,18H,6,9,11,13H2,1-2H3,(H,20,21,25). The van der Waals surface area contributed by atoms with E-state index in [4.69, 9.17) is 0 Å². The quantitative estimate of drug-likeness (QED) is 0.879. The van der Waals surface area contributed by atoms with Gasteiger partial charge in [-0.1, -0.05) is 44.2 Å². The second-order valence-electron chi connectivity index (χ2n) is 6.75. The van der Waals surface area contributed by atoms with Crippen LogP contribution in [-0.2, 0) is 16.1 Å². The van der Waals surface area contributed by atoms with E-state index >= 15 is 0 Å². The highest BCUT2D eigenvalue weighted by Crippen LogP contribution is 2.20. The first-order valence-electron chi connectivity index (χ1n) is 8.72. The highest BCUT2D eigenvalue weighted by atomic mass is 16.2. The van der Waals surface area contributed by atoms with Gasteiger partial charge in [0.2, 0.25) is 11.8 Å². The van der Waals surface area contributed by atoms with Crippen LogP contribution in [0.5, 0.6) is 0 Å². The second kappa shape index (κ2) is 7.51. The molecule has 0 spiro atoms. The monoisotopic (exact) mass is 340 g/mol. The number of carbonyl (C=O) groups excluding carboxylic acids is 2. The number of rotatable bonds is 6. The number of hydrogen-bond acceptors (Lipinski definition) is 3. The van der Waals surface area contributed by atoms with Crippen LogP contribution in [0.25, 0.3) is 0 Å². The van der Waals surface area contributed by atoms with Gasteiger partial charge < -0.3 is 10.2 Å². The van der Waals surface area contributed by atoms with Crippen molar-refractivity contribution in [3.63, 3.8) is 0 Å². The van der Waals surface area contributed by atoms with Crippen molar-refractivity contribution < 1.29 is 9.59 Å². The Hall–Kier alpha value is -2.63. The molecule has 1 saturated heterocycles. The summed E-state index contributed by atoms with van der Waals surface area (Å²) in [6.07, 6.45) is 3.19. The van der Waals surface area contributed by atoms with Gasteiger partial charge in [0, 0.05) is 25.2 Å². The van der Waals surface area contributed by atoms with E-state index in [1.54, 1.807) is 15.6 Å². The van der Waals surface area contributed by atoms with Crippen LogP contribution in [0.4, 0.5) is 5.82 Å². The minimum absolute atomic E-state index is 0.0495. The molecular formula is C19H24N4O2. The lowest BCUT2D eigenvalue weighted by Gasteiger charge is -2.29. The van der Waals surface area contributed by atoms with Gasteiger partial charge in [-0.25, -0.2) is 0 Å². The molecule has 1 fully saturated rings. The third kappa shape index (κ3) is 4.07. The first-order valence-corrected chi connectivity index (χ1v) is 8.72. The molecule has 1 aromatic carbocycles. The summed E-state index contributed by atoms with van der Waals surface area (Å²) in [4.78, 5) is 26.4. The number of nitrogens with one attached hydrogen (secondary N) is 1. The Morgan fingerprint density at radius 2 is 2.00 bits per heavy atom. The summed E-state index contributed by atoms with van der Waals surface area (Å²) < 4.78 is 1.79. The van der Waals surface area contributed by atoms with Crippen molar-refractivity contribution >= 4 is 17.6 Å². The molecule has 25 heavy (non-hydrogen) atoms. The molecule has 2 heterocycles. The van der Waals surface area contributed by atoms with Crippen molar-refractivity contribution in [1.82, 2.24) is 14.7 Å². The predicted molar refractivity (Wildman–Crippen MR) is 96.0 cm³/mol. The molecule has 132 valence electrons. The number of aromatic nitrogens is 2. The molecule has 1 aliphatic heterocycles. The number of carbonyl (C=O) groups is 2. The van der Waals surface area contributed by atoms with Crippen LogP contribution >= 0.6 is 0 Å². The topological polar surface area (TPSA) is 67.2 Å². The molecule has 1 aromatic heterocycles. The lowest BCUT2D eigenvalue weighted by Crippen LogP contribution is -2.48. The zero-order chi connectivity index (χ0) is 17.8. The Kier molecular flexibility index (Phi) is 5.16. The van der Waals surface area contributed by atoms with Gasteiger partial charge in [0.15, 0.2) is 5.82 Å². The van der Waals surface area contributed by atoms with E-state index in [9.17, 15) is 9.59 Å². The van der Waals surface area contributed by atoms with Crippen LogP contribution in [0.1, 0.15) is 32.3 Å². The lowest BCUT2D eigenvalue weighted by molar-refractivity contribution is -0.136. The Bertz CT molecular complexity index is 739. The fourth-order valence-electron chi connectivity index (χ4n) is 3.25. The second-order valence-corrected chi connectivity index (χ2v) is 6.75. The molecule has 2 amide bonds. The van der Waals surface area contributed by atoms with Crippen LogP contribution in [0.3, 0.4) is 0 Å². The smallest absolute Gasteiger partial charge is 0.248 e. The fourth-order valence-corrected chi connectivity index (χ4v) is 3.25. The molecule has 6 heteroatoms. The first kappa shape index (κ1) is 17.2. The van der Waals surface area contributed by atoms with Crippen LogP contribution in [0.2, 0.25) is 0 Å². The maximum atomic E-state index is 12.7. The lowest BCUT2D eigenvalue weighted by atomic mass is 10.0. The molecule has 1 N–H and O–H groups in total. The Balaban J connectivity index is 1.66. The predicted octanol–water partition coefficient (Wildman–Crippen LogP) is 2.52. The van der Waals surface area contributed by atoms with E-state index in [1.807, 2.05) is 50.4 Å². The Morgan fingerprint density at radius 1 is 1.24 bits per heavy atom. The Labute approximate surface area is 147 Å². The van der Waals surface area contributed by atoms with E-state index in [0.717, 1.165) is 12.0 Å². The summed E-state index contributed by atoms with van der Waals surface area (Å²) in [6, 6.07) is 11.4. The van der Waals surface area contributed by atoms with E-state index < -0.39 is 6.04 Å². The van der Waals surface area contributed by atoms with Crippen LogP contribution in [0, 0.1) is 5.92 Å². The van der Waals surface area contributed by atoms with Crippen molar-refractivity contribution in [2.75, 3.05) is 11.9 Å². The van der Waals surface area contributed by atoms with E-state index in [-0.39, 0.29) is 17.7 Å². The van der Waals surface area contributed by atoms with E-state index in [0.29, 0.717) is 25.3 Å². The number of anilines is 1. The molecule has 0 radical (unpaired) electrons. The highest BCUT2D eigenvalue weighted by molar-refractivity contribution is 5.97. The number of hydrogen-bond donors (Lipinski definition) is 1. The molecule has 1 atom stereocenters. The van der Waals surface area contributed by atoms with Crippen molar-refractivity contribution in [2.45, 2.75) is 39.3 Å². The molecule has 6 nitrogen and oxygen atoms in total. The zero-order valence-electron chi connectivity index (χ0n) is 14.7. The normalized spacial score (nSPS) is 15.6. The molecule has 1 aliphatic rings. The van der Waals surface area contributed by atoms with Gasteiger partial charge in [-0.15, -0.1) is 0 Å². The van der Waals surface area contributed by atoms with Crippen molar-refractivity contribution in [3.8, 4) is 0 Å². The Morgan fingerprint density at radius 3 is 2.64 bits per heavy atom. The van der Waals surface area contributed by atoms with Gasteiger partial charge in [-0.2, -0.15) is 5.10 Å². The summed E-state index contributed by atoms with van der Waals surface area (Å²) in [5.41, 5.74) is 1.14. The molecule has 0 saturated carbocycles. The van der Waals surface area contributed by atoms with Crippen LogP contribution < -0.4 is 5.32 Å². The summed E-state index contributed by atoms with van der Waals surface area (Å²) in [5, 5.41) is 7.28. The minimum Gasteiger partial charge on any atom is -0.330 e. The molecule has 0 bridgehead atoms. The fraction of sp³-hybridized carbons (Fsp3) is 0.421. The average molecular weight is 340 g/mol. The minimum atomic E-state index is -0.450. The number of nitrogens with zero attached hydrogens (tertiary/aromatic N) is 3. The van der Waals surface area contributed by atoms with Gasteiger partial charge in [-0.05, 0) is 17.9 Å².